The van der Waals surface area contributed by atoms with Crippen LogP contribution in [0, 0.1) is 0 Å². The fourth-order valence-electron chi connectivity index (χ4n) is 3.17. The largest absolute Gasteiger partial charge is 0.504 e. The van der Waals surface area contributed by atoms with Gasteiger partial charge in [-0.15, -0.1) is 0 Å². The molecule has 2 N–H and O–H groups in total. The number of ether oxygens (including phenoxy) is 1. The van der Waals surface area contributed by atoms with E-state index >= 15 is 0 Å². The Kier molecular flexibility index (Phi) is 5.88. The van der Waals surface area contributed by atoms with Crippen LogP contribution in [0.15, 0.2) is 18.2 Å². The van der Waals surface area contributed by atoms with Crippen molar-refractivity contribution in [2.75, 3.05) is 20.7 Å². The summed E-state index contributed by atoms with van der Waals surface area (Å²) in [5.41, 5.74) is 0.944. The predicted molar refractivity (Wildman–Crippen MR) is 85.8 cm³/mol. The quantitative estimate of drug-likeness (QED) is 0.846. The van der Waals surface area contributed by atoms with E-state index in [1.54, 1.807) is 0 Å². The number of para-hydroxylation sites is 1. The van der Waals surface area contributed by atoms with Crippen LogP contribution in [0.3, 0.4) is 0 Å². The summed E-state index contributed by atoms with van der Waals surface area (Å²) < 4.78 is 5.46. The first-order valence-electron chi connectivity index (χ1n) is 7.96. The van der Waals surface area contributed by atoms with Crippen molar-refractivity contribution in [3.05, 3.63) is 23.8 Å². The standard InChI is InChI=1S/C17H28N2O2/c1-4-21-16-7-5-6-13(17(16)20)12-19(3)15-10-8-14(18-2)9-11-15/h5-7,14-15,18,20H,4,8-12H2,1-3H3. The van der Waals surface area contributed by atoms with Crippen LogP contribution in [0.1, 0.15) is 38.2 Å². The zero-order valence-electron chi connectivity index (χ0n) is 13.4. The highest BCUT2D eigenvalue weighted by atomic mass is 16.5. The Hall–Kier alpha value is -1.26. The molecule has 0 heterocycles. The van der Waals surface area contributed by atoms with Crippen molar-refractivity contribution in [3.63, 3.8) is 0 Å². The predicted octanol–water partition coefficient (Wildman–Crippen LogP) is 2.75. The first-order chi connectivity index (χ1) is 10.2. The minimum absolute atomic E-state index is 0.287. The molecular weight excluding hydrogens is 264 g/mol. The van der Waals surface area contributed by atoms with Crippen LogP contribution in [0.4, 0.5) is 0 Å². The van der Waals surface area contributed by atoms with Gasteiger partial charge in [0.25, 0.3) is 0 Å². The molecule has 2 rings (SSSR count). The van der Waals surface area contributed by atoms with E-state index < -0.39 is 0 Å². The Labute approximate surface area is 128 Å². The molecule has 118 valence electrons. The third-order valence-electron chi connectivity index (χ3n) is 4.53. The van der Waals surface area contributed by atoms with Gasteiger partial charge in [-0.1, -0.05) is 12.1 Å². The first kappa shape index (κ1) is 16.1. The number of hydrogen-bond acceptors (Lipinski definition) is 4. The van der Waals surface area contributed by atoms with Crippen LogP contribution in [0.2, 0.25) is 0 Å². The zero-order chi connectivity index (χ0) is 15.2. The second-order valence-corrected chi connectivity index (χ2v) is 5.91. The van der Waals surface area contributed by atoms with Gasteiger partial charge in [-0.2, -0.15) is 0 Å². The summed E-state index contributed by atoms with van der Waals surface area (Å²) in [6.45, 7) is 3.26. The summed E-state index contributed by atoms with van der Waals surface area (Å²) >= 11 is 0. The van der Waals surface area contributed by atoms with Crippen LogP contribution in [0.25, 0.3) is 0 Å². The van der Waals surface area contributed by atoms with Gasteiger partial charge in [0, 0.05) is 24.2 Å². The van der Waals surface area contributed by atoms with Gasteiger partial charge in [0.15, 0.2) is 11.5 Å². The van der Waals surface area contributed by atoms with Crippen molar-refractivity contribution in [1.82, 2.24) is 10.2 Å². The molecular formula is C17H28N2O2. The Balaban J connectivity index is 1.96. The lowest BCUT2D eigenvalue weighted by atomic mass is 9.90. The summed E-state index contributed by atoms with van der Waals surface area (Å²) in [5, 5.41) is 13.7. The van der Waals surface area contributed by atoms with Crippen LogP contribution in [-0.2, 0) is 6.54 Å². The maximum atomic E-state index is 10.3. The van der Waals surface area contributed by atoms with Crippen molar-refractivity contribution in [1.29, 1.82) is 0 Å². The van der Waals surface area contributed by atoms with E-state index in [9.17, 15) is 5.11 Å². The number of benzene rings is 1. The van der Waals surface area contributed by atoms with E-state index in [0.717, 1.165) is 12.1 Å². The Bertz CT molecular complexity index is 442. The summed E-state index contributed by atoms with van der Waals surface area (Å²) in [5.74, 6) is 0.873. The van der Waals surface area contributed by atoms with Crippen LogP contribution < -0.4 is 10.1 Å². The van der Waals surface area contributed by atoms with Crippen molar-refractivity contribution in [2.24, 2.45) is 0 Å². The highest BCUT2D eigenvalue weighted by Gasteiger charge is 2.23. The highest BCUT2D eigenvalue weighted by Crippen LogP contribution is 2.32. The fraction of sp³-hybridized carbons (Fsp3) is 0.647. The Morgan fingerprint density at radius 3 is 2.62 bits per heavy atom. The summed E-state index contributed by atoms with van der Waals surface area (Å²) in [6, 6.07) is 7.02. The second kappa shape index (κ2) is 7.66. The SMILES string of the molecule is CCOc1cccc(CN(C)C2CCC(NC)CC2)c1O. The molecule has 1 aromatic rings. The number of phenolic OH excluding ortho intramolecular Hbond substituents is 1. The van der Waals surface area contributed by atoms with Gasteiger partial charge in [-0.3, -0.25) is 4.90 Å². The van der Waals surface area contributed by atoms with Crippen molar-refractivity contribution < 1.29 is 9.84 Å². The monoisotopic (exact) mass is 292 g/mol. The summed E-state index contributed by atoms with van der Waals surface area (Å²) in [7, 11) is 4.20. The van der Waals surface area contributed by atoms with Gasteiger partial charge >= 0.3 is 0 Å². The minimum atomic E-state index is 0.287. The van der Waals surface area contributed by atoms with Crippen LogP contribution in [0.5, 0.6) is 11.5 Å². The van der Waals surface area contributed by atoms with E-state index in [-0.39, 0.29) is 5.75 Å². The molecule has 0 spiro atoms. The number of nitrogens with one attached hydrogen (secondary N) is 1. The number of rotatable bonds is 6. The van der Waals surface area contributed by atoms with Crippen molar-refractivity contribution in [3.8, 4) is 11.5 Å². The molecule has 4 heteroatoms. The lowest BCUT2D eigenvalue weighted by molar-refractivity contribution is 0.168. The van der Waals surface area contributed by atoms with Gasteiger partial charge in [0.05, 0.1) is 6.61 Å². The third-order valence-corrected chi connectivity index (χ3v) is 4.53. The molecule has 0 aromatic heterocycles. The molecule has 21 heavy (non-hydrogen) atoms. The molecule has 0 radical (unpaired) electrons. The Morgan fingerprint density at radius 2 is 2.00 bits per heavy atom. The first-order valence-corrected chi connectivity index (χ1v) is 7.96. The lowest BCUT2D eigenvalue weighted by Crippen LogP contribution is -2.39. The van der Waals surface area contributed by atoms with Crippen molar-refractivity contribution in [2.45, 2.75) is 51.2 Å². The van der Waals surface area contributed by atoms with Gasteiger partial charge in [0.1, 0.15) is 0 Å². The second-order valence-electron chi connectivity index (χ2n) is 5.91. The summed E-state index contributed by atoms with van der Waals surface area (Å²) in [4.78, 5) is 2.36. The smallest absolute Gasteiger partial charge is 0.162 e. The molecule has 0 amide bonds. The van der Waals surface area contributed by atoms with Gasteiger partial charge in [0.2, 0.25) is 0 Å². The van der Waals surface area contributed by atoms with E-state index in [1.807, 2.05) is 32.2 Å². The maximum Gasteiger partial charge on any atom is 0.162 e. The maximum absolute atomic E-state index is 10.3. The third kappa shape index (κ3) is 4.11. The average Bonchev–Trinajstić information content (AvgIpc) is 2.51. The van der Waals surface area contributed by atoms with E-state index in [0.29, 0.717) is 24.4 Å². The molecule has 0 bridgehead atoms. The van der Waals surface area contributed by atoms with Gasteiger partial charge in [-0.25, -0.2) is 0 Å². The Morgan fingerprint density at radius 1 is 1.29 bits per heavy atom. The van der Waals surface area contributed by atoms with E-state index in [2.05, 4.69) is 17.3 Å². The molecule has 1 aliphatic rings. The number of nitrogens with zero attached hydrogens (tertiary/aromatic N) is 1. The van der Waals surface area contributed by atoms with E-state index in [1.165, 1.54) is 25.7 Å². The highest BCUT2D eigenvalue weighted by molar-refractivity contribution is 5.45. The molecule has 0 unspecified atom stereocenters. The fourth-order valence-corrected chi connectivity index (χ4v) is 3.17. The molecule has 0 saturated heterocycles. The number of phenols is 1. The van der Waals surface area contributed by atoms with Crippen LogP contribution in [-0.4, -0.2) is 42.8 Å². The molecule has 0 atom stereocenters. The molecule has 1 aliphatic carbocycles. The molecule has 1 fully saturated rings. The van der Waals surface area contributed by atoms with Gasteiger partial charge < -0.3 is 15.2 Å². The molecule has 4 nitrogen and oxygen atoms in total. The molecule has 1 saturated carbocycles. The van der Waals surface area contributed by atoms with Crippen molar-refractivity contribution >= 4 is 0 Å². The number of hydrogen-bond donors (Lipinski definition) is 2. The normalized spacial score (nSPS) is 22.5. The van der Waals surface area contributed by atoms with Crippen LogP contribution >= 0.6 is 0 Å². The molecule has 1 aromatic carbocycles. The summed E-state index contributed by atoms with van der Waals surface area (Å²) in [6.07, 6.45) is 4.90. The minimum Gasteiger partial charge on any atom is -0.504 e. The lowest BCUT2D eigenvalue weighted by Gasteiger charge is -2.34. The average molecular weight is 292 g/mol. The number of aromatic hydroxyl groups is 1. The van der Waals surface area contributed by atoms with E-state index in [4.69, 9.17) is 4.74 Å². The van der Waals surface area contributed by atoms with Gasteiger partial charge in [-0.05, 0) is 52.8 Å². The topological polar surface area (TPSA) is 44.7 Å². The molecule has 0 aliphatic heterocycles. The zero-order valence-corrected chi connectivity index (χ0v) is 13.4.